The van der Waals surface area contributed by atoms with Gasteiger partial charge in [-0.05, 0) is 35.9 Å². The first-order chi connectivity index (χ1) is 12.5. The first kappa shape index (κ1) is 16.9. The van der Waals surface area contributed by atoms with Crippen LogP contribution in [0.3, 0.4) is 0 Å². The van der Waals surface area contributed by atoms with Gasteiger partial charge in [0.25, 0.3) is 5.91 Å². The minimum atomic E-state index is -0.806. The minimum Gasteiger partial charge on any atom is -0.450 e. The lowest BCUT2D eigenvalue weighted by Crippen LogP contribution is -2.32. The molecule has 132 valence electrons. The molecule has 4 rings (SSSR count). The van der Waals surface area contributed by atoms with Gasteiger partial charge >= 0.3 is 0 Å². The zero-order chi connectivity index (χ0) is 18.4. The lowest BCUT2D eigenvalue weighted by molar-refractivity contribution is 0.0691. The van der Waals surface area contributed by atoms with E-state index < -0.39 is 17.8 Å². The molecule has 1 aliphatic heterocycles. The van der Waals surface area contributed by atoms with Crippen LogP contribution < -0.4 is 5.43 Å². The molecule has 0 saturated carbocycles. The number of benzene rings is 2. The number of carbonyl (C=O) groups excluding carboxylic acids is 1. The molecule has 26 heavy (non-hydrogen) atoms. The van der Waals surface area contributed by atoms with Crippen molar-refractivity contribution in [2.24, 2.45) is 0 Å². The Morgan fingerprint density at radius 1 is 1.19 bits per heavy atom. The van der Waals surface area contributed by atoms with Gasteiger partial charge in [0.2, 0.25) is 5.76 Å². The highest BCUT2D eigenvalue weighted by molar-refractivity contribution is 9.10. The van der Waals surface area contributed by atoms with Crippen molar-refractivity contribution in [1.29, 1.82) is 0 Å². The normalized spacial score (nSPS) is 16.3. The highest BCUT2D eigenvalue weighted by Crippen LogP contribution is 2.38. The van der Waals surface area contributed by atoms with Crippen LogP contribution in [-0.4, -0.2) is 29.1 Å². The van der Waals surface area contributed by atoms with Gasteiger partial charge in [-0.3, -0.25) is 9.59 Å². The molecule has 1 aromatic heterocycles. The molecule has 1 atom stereocenters. The summed E-state index contributed by atoms with van der Waals surface area (Å²) in [4.78, 5) is 27.2. The van der Waals surface area contributed by atoms with E-state index in [4.69, 9.17) is 4.42 Å². The van der Waals surface area contributed by atoms with Crippen molar-refractivity contribution in [1.82, 2.24) is 4.90 Å². The Bertz CT molecular complexity index is 1090. The van der Waals surface area contributed by atoms with E-state index in [1.807, 2.05) is 0 Å². The minimum absolute atomic E-state index is 0.00366. The molecule has 0 saturated heterocycles. The van der Waals surface area contributed by atoms with Gasteiger partial charge < -0.3 is 14.4 Å². The smallest absolute Gasteiger partial charge is 0.290 e. The number of rotatable bonds is 3. The van der Waals surface area contributed by atoms with Gasteiger partial charge in [-0.1, -0.05) is 28.1 Å². The summed E-state index contributed by atoms with van der Waals surface area (Å²) < 4.78 is 20.2. The van der Waals surface area contributed by atoms with Crippen LogP contribution >= 0.6 is 15.9 Å². The zero-order valence-corrected chi connectivity index (χ0v) is 15.0. The predicted octanol–water partition coefficient (Wildman–Crippen LogP) is 3.23. The average Bonchev–Trinajstić information content (AvgIpc) is 2.89. The number of hydrogen-bond donors (Lipinski definition) is 1. The summed E-state index contributed by atoms with van der Waals surface area (Å²) in [6, 6.07) is 9.88. The molecular weight excluding hydrogens is 405 g/mol. The van der Waals surface area contributed by atoms with Crippen molar-refractivity contribution in [3.63, 3.8) is 0 Å². The molecule has 0 bridgehead atoms. The monoisotopic (exact) mass is 417 g/mol. The van der Waals surface area contributed by atoms with Crippen LogP contribution in [0.25, 0.3) is 11.0 Å². The SMILES string of the molecule is O=C1c2oc3ccc(Br)cc3c(=O)c2[C@H](c2cccc(F)c2)N1CCO. The van der Waals surface area contributed by atoms with Gasteiger partial charge in [0, 0.05) is 11.0 Å². The number of amides is 1. The van der Waals surface area contributed by atoms with E-state index in [2.05, 4.69) is 15.9 Å². The first-order valence-corrected chi connectivity index (χ1v) is 8.74. The third-order valence-corrected chi connectivity index (χ3v) is 4.93. The quantitative estimate of drug-likeness (QED) is 0.709. The van der Waals surface area contributed by atoms with E-state index in [1.54, 1.807) is 24.3 Å². The number of fused-ring (bicyclic) bond motifs is 2. The second-order valence-corrected chi connectivity index (χ2v) is 6.91. The Hall–Kier alpha value is -2.51. The highest BCUT2D eigenvalue weighted by atomic mass is 79.9. The number of aliphatic hydroxyl groups is 1. The van der Waals surface area contributed by atoms with E-state index in [0.717, 1.165) is 0 Å². The van der Waals surface area contributed by atoms with Crippen molar-refractivity contribution in [3.8, 4) is 0 Å². The number of nitrogens with zero attached hydrogens (tertiary/aromatic N) is 1. The van der Waals surface area contributed by atoms with Gasteiger partial charge in [0.05, 0.1) is 23.6 Å². The second kappa shape index (κ2) is 6.34. The largest absolute Gasteiger partial charge is 0.450 e. The molecule has 3 aromatic rings. The molecule has 0 unspecified atom stereocenters. The van der Waals surface area contributed by atoms with Crippen LogP contribution in [-0.2, 0) is 0 Å². The van der Waals surface area contributed by atoms with Crippen molar-refractivity contribution >= 4 is 32.8 Å². The Balaban J connectivity index is 2.03. The van der Waals surface area contributed by atoms with Crippen molar-refractivity contribution in [2.75, 3.05) is 13.2 Å². The molecule has 7 heteroatoms. The predicted molar refractivity (Wildman–Crippen MR) is 96.5 cm³/mol. The third kappa shape index (κ3) is 2.55. The second-order valence-electron chi connectivity index (χ2n) is 5.99. The van der Waals surface area contributed by atoms with E-state index in [9.17, 15) is 19.1 Å². The highest BCUT2D eigenvalue weighted by Gasteiger charge is 2.42. The topological polar surface area (TPSA) is 70.8 Å². The number of carbonyl (C=O) groups is 1. The van der Waals surface area contributed by atoms with Crippen LogP contribution in [0, 0.1) is 5.82 Å². The molecule has 0 spiro atoms. The Kier molecular flexibility index (Phi) is 4.13. The first-order valence-electron chi connectivity index (χ1n) is 7.95. The molecular formula is C19H13BrFNO4. The van der Waals surface area contributed by atoms with Crippen molar-refractivity contribution in [3.05, 3.63) is 79.9 Å². The van der Waals surface area contributed by atoms with Crippen molar-refractivity contribution in [2.45, 2.75) is 6.04 Å². The molecule has 0 aliphatic carbocycles. The van der Waals surface area contributed by atoms with E-state index in [0.29, 0.717) is 21.0 Å². The van der Waals surface area contributed by atoms with Gasteiger partial charge in [-0.15, -0.1) is 0 Å². The van der Waals surface area contributed by atoms with E-state index >= 15 is 0 Å². The standard InChI is InChI=1S/C19H13BrFNO4/c20-11-4-5-14-13(9-11)17(24)15-16(10-2-1-3-12(21)8-10)22(6-7-23)19(25)18(15)26-14/h1-5,8-9,16,23H,6-7H2/t16-/m0/s1. The summed E-state index contributed by atoms with van der Waals surface area (Å²) in [7, 11) is 0. The Morgan fingerprint density at radius 2 is 2.00 bits per heavy atom. The molecule has 0 radical (unpaired) electrons. The molecule has 0 fully saturated rings. The molecule has 2 aromatic carbocycles. The molecule has 1 amide bonds. The summed E-state index contributed by atoms with van der Waals surface area (Å²) in [5.74, 6) is -1.03. The van der Waals surface area contributed by atoms with Crippen LogP contribution in [0.5, 0.6) is 0 Å². The fraction of sp³-hybridized carbons (Fsp3) is 0.158. The van der Waals surface area contributed by atoms with Gasteiger partial charge in [-0.2, -0.15) is 0 Å². The molecule has 1 aliphatic rings. The van der Waals surface area contributed by atoms with Crippen LogP contribution in [0.4, 0.5) is 4.39 Å². The van der Waals surface area contributed by atoms with E-state index in [1.165, 1.54) is 23.1 Å². The molecule has 1 N–H and O–H groups in total. The summed E-state index contributed by atoms with van der Waals surface area (Å²) >= 11 is 3.32. The number of β-amino-alcohol motifs (C(OH)–C–C–N with tert-alkyl or cyclic N) is 1. The summed E-state index contributed by atoms with van der Waals surface area (Å²) in [5.41, 5.74) is 0.576. The van der Waals surface area contributed by atoms with Crippen LogP contribution in [0.1, 0.15) is 27.7 Å². The van der Waals surface area contributed by atoms with Gasteiger partial charge in [-0.25, -0.2) is 4.39 Å². The maximum Gasteiger partial charge on any atom is 0.290 e. The molecule has 5 nitrogen and oxygen atoms in total. The molecule has 2 heterocycles. The maximum absolute atomic E-state index is 13.8. The van der Waals surface area contributed by atoms with Crippen LogP contribution in [0.2, 0.25) is 0 Å². The van der Waals surface area contributed by atoms with Gasteiger partial charge in [0.15, 0.2) is 5.43 Å². The number of hydrogen-bond acceptors (Lipinski definition) is 4. The number of aliphatic hydroxyl groups excluding tert-OH is 1. The third-order valence-electron chi connectivity index (χ3n) is 4.43. The lowest BCUT2D eigenvalue weighted by atomic mass is 9.98. The van der Waals surface area contributed by atoms with Crippen LogP contribution in [0.15, 0.2) is 56.1 Å². The Labute approximate surface area is 155 Å². The van der Waals surface area contributed by atoms with Crippen molar-refractivity contribution < 1.29 is 18.7 Å². The van der Waals surface area contributed by atoms with E-state index in [-0.39, 0.29) is 29.9 Å². The maximum atomic E-state index is 13.8. The fourth-order valence-corrected chi connectivity index (χ4v) is 3.72. The lowest BCUT2D eigenvalue weighted by Gasteiger charge is -2.24. The number of halogens is 2. The fourth-order valence-electron chi connectivity index (χ4n) is 3.35. The van der Waals surface area contributed by atoms with Gasteiger partial charge in [0.1, 0.15) is 11.4 Å². The summed E-state index contributed by atoms with van der Waals surface area (Å²) in [5, 5.41) is 9.69. The summed E-state index contributed by atoms with van der Waals surface area (Å²) in [6.45, 7) is -0.283. The average molecular weight is 418 g/mol. The summed E-state index contributed by atoms with van der Waals surface area (Å²) in [6.07, 6.45) is 0. The zero-order valence-electron chi connectivity index (χ0n) is 13.4. The Morgan fingerprint density at radius 3 is 2.73 bits per heavy atom.